The van der Waals surface area contributed by atoms with Gasteiger partial charge in [0.1, 0.15) is 0 Å². The third-order valence-electron chi connectivity index (χ3n) is 1.12. The lowest BCUT2D eigenvalue weighted by molar-refractivity contribution is 0.0526. The third-order valence-corrected chi connectivity index (χ3v) is 2.01. The van der Waals surface area contributed by atoms with Crippen molar-refractivity contribution in [1.82, 2.24) is 0 Å². The first-order valence-electron chi connectivity index (χ1n) is 2.42. The highest BCUT2D eigenvalue weighted by molar-refractivity contribution is 7.87. The fraction of sp³-hybridized carbons (Fsp3) is 1.00. The highest BCUT2D eigenvalue weighted by Gasteiger charge is 2.65. The number of aliphatic hydroxyl groups is 1. The number of halogens is 3. The molecule has 1 heterocycles. The lowest BCUT2D eigenvalue weighted by Gasteiger charge is -2.05. The quantitative estimate of drug-likeness (QED) is 0.477. The second-order valence-electron chi connectivity index (χ2n) is 1.95. The van der Waals surface area contributed by atoms with Gasteiger partial charge < -0.3 is 9.84 Å². The fourth-order valence-corrected chi connectivity index (χ4v) is 0.938. The van der Waals surface area contributed by atoms with E-state index >= 15 is 0 Å². The number of hydrogen-bond acceptors (Lipinski definition) is 4. The summed E-state index contributed by atoms with van der Waals surface area (Å²) in [5.41, 5.74) is 0. The Labute approximate surface area is 59.8 Å². The van der Waals surface area contributed by atoms with Crippen LogP contribution < -0.4 is 0 Å². The van der Waals surface area contributed by atoms with Crippen molar-refractivity contribution in [1.29, 1.82) is 0 Å². The molecule has 1 rings (SSSR count). The summed E-state index contributed by atoms with van der Waals surface area (Å²) in [5, 5.41) is 3.55. The van der Waals surface area contributed by atoms with Gasteiger partial charge in [-0.15, -0.1) is 0 Å². The molecule has 1 aliphatic heterocycles. The maximum Gasteiger partial charge on any atom is 0.404 e. The Bertz CT molecular complexity index is 260. The topological polar surface area (TPSA) is 66.9 Å². The van der Waals surface area contributed by atoms with Crippen molar-refractivity contribution in [2.75, 3.05) is 0 Å². The van der Waals surface area contributed by atoms with Crippen LogP contribution in [0.4, 0.5) is 12.7 Å². The number of ether oxygens (including phenoxy) is 1. The van der Waals surface area contributed by atoms with E-state index in [1.165, 1.54) is 0 Å². The van der Waals surface area contributed by atoms with Gasteiger partial charge in [-0.1, -0.05) is 3.89 Å². The minimum absolute atomic E-state index is 1.89. The van der Waals surface area contributed by atoms with Gasteiger partial charge in [-0.05, 0) is 0 Å². The first-order valence-corrected chi connectivity index (χ1v) is 3.80. The van der Waals surface area contributed by atoms with E-state index in [0.717, 1.165) is 0 Å². The van der Waals surface area contributed by atoms with Crippen LogP contribution in [0.3, 0.4) is 0 Å². The molecule has 0 radical (unpaired) electrons. The van der Waals surface area contributed by atoms with Gasteiger partial charge in [0.15, 0.2) is 12.4 Å². The summed E-state index contributed by atoms with van der Waals surface area (Å²) in [6.45, 7) is 0. The standard InChI is InChI=1S/C3H3F3O4S/c4-3(5,11(6,8)9)1-2(7)10-1/h1-2,7H. The number of epoxide rings is 1. The molecule has 1 aliphatic rings. The van der Waals surface area contributed by atoms with Crippen LogP contribution in [0.2, 0.25) is 0 Å². The van der Waals surface area contributed by atoms with E-state index in [1.807, 2.05) is 0 Å². The molecule has 0 saturated carbocycles. The predicted molar refractivity (Wildman–Crippen MR) is 25.9 cm³/mol. The van der Waals surface area contributed by atoms with Gasteiger partial charge >= 0.3 is 15.5 Å². The van der Waals surface area contributed by atoms with E-state index in [0.29, 0.717) is 0 Å². The van der Waals surface area contributed by atoms with Crippen molar-refractivity contribution in [3.8, 4) is 0 Å². The molecule has 1 N–H and O–H groups in total. The predicted octanol–water partition coefficient (Wildman–Crippen LogP) is -0.404. The Morgan fingerprint density at radius 2 is 1.82 bits per heavy atom. The van der Waals surface area contributed by atoms with E-state index in [2.05, 4.69) is 4.74 Å². The number of alkyl halides is 2. The summed E-state index contributed by atoms with van der Waals surface area (Å²) in [4.78, 5) is 0. The maximum absolute atomic E-state index is 12.1. The molecule has 11 heavy (non-hydrogen) atoms. The van der Waals surface area contributed by atoms with Crippen LogP contribution in [0.15, 0.2) is 0 Å². The molecule has 0 aliphatic carbocycles. The van der Waals surface area contributed by atoms with Gasteiger partial charge in [0.05, 0.1) is 0 Å². The molecular weight excluding hydrogens is 189 g/mol. The van der Waals surface area contributed by atoms with Crippen LogP contribution in [0.5, 0.6) is 0 Å². The molecule has 1 fully saturated rings. The third kappa shape index (κ3) is 1.33. The molecule has 0 aromatic carbocycles. The highest BCUT2D eigenvalue weighted by Crippen LogP contribution is 2.39. The van der Waals surface area contributed by atoms with E-state index < -0.39 is 27.9 Å². The van der Waals surface area contributed by atoms with E-state index in [4.69, 9.17) is 5.11 Å². The van der Waals surface area contributed by atoms with E-state index in [-0.39, 0.29) is 0 Å². The lowest BCUT2D eigenvalue weighted by atomic mass is 10.5. The van der Waals surface area contributed by atoms with Gasteiger partial charge in [-0.25, -0.2) is 0 Å². The zero-order valence-corrected chi connectivity index (χ0v) is 5.69. The molecule has 4 nitrogen and oxygen atoms in total. The van der Waals surface area contributed by atoms with Gasteiger partial charge in [-0.2, -0.15) is 17.2 Å². The summed E-state index contributed by atoms with van der Waals surface area (Å²) in [7, 11) is -5.99. The van der Waals surface area contributed by atoms with Crippen LogP contribution in [0.1, 0.15) is 0 Å². The van der Waals surface area contributed by atoms with Crippen molar-refractivity contribution in [3.63, 3.8) is 0 Å². The van der Waals surface area contributed by atoms with Crippen molar-refractivity contribution < 1.29 is 30.9 Å². The molecule has 66 valence electrons. The van der Waals surface area contributed by atoms with Crippen LogP contribution >= 0.6 is 0 Å². The summed E-state index contributed by atoms with van der Waals surface area (Å²) in [6.07, 6.45) is -4.16. The zero-order valence-electron chi connectivity index (χ0n) is 4.87. The first kappa shape index (κ1) is 8.75. The molecular formula is C3H3F3O4S. The Balaban J connectivity index is 2.84. The highest BCUT2D eigenvalue weighted by atomic mass is 32.3. The average Bonchev–Trinajstić information content (AvgIpc) is 2.43. The minimum atomic E-state index is -5.99. The van der Waals surface area contributed by atoms with E-state index in [9.17, 15) is 21.1 Å². The average molecular weight is 192 g/mol. The normalized spacial score (nSPS) is 32.0. The fourth-order valence-electron chi connectivity index (χ4n) is 0.489. The molecule has 0 aromatic rings. The van der Waals surface area contributed by atoms with Gasteiger partial charge in [0, 0.05) is 0 Å². The summed E-state index contributed by atoms with van der Waals surface area (Å²) < 4.78 is 58.9. The largest absolute Gasteiger partial charge is 0.404 e. The molecule has 0 aromatic heterocycles. The van der Waals surface area contributed by atoms with Gasteiger partial charge in [-0.3, -0.25) is 0 Å². The number of aliphatic hydroxyl groups excluding tert-OH is 1. The van der Waals surface area contributed by atoms with Crippen molar-refractivity contribution in [2.45, 2.75) is 17.6 Å². The minimum Gasteiger partial charge on any atom is -0.366 e. The molecule has 2 atom stereocenters. The molecule has 0 amide bonds. The summed E-state index contributed by atoms with van der Waals surface area (Å²) in [6, 6.07) is 0. The van der Waals surface area contributed by atoms with Crippen LogP contribution in [0, 0.1) is 0 Å². The first-order chi connectivity index (χ1) is 4.77. The van der Waals surface area contributed by atoms with Crippen LogP contribution in [-0.2, 0) is 15.0 Å². The molecule has 0 bridgehead atoms. The summed E-state index contributed by atoms with van der Waals surface area (Å²) in [5.74, 6) is 0. The molecule has 1 saturated heterocycles. The number of hydrogen-bond donors (Lipinski definition) is 1. The van der Waals surface area contributed by atoms with Crippen molar-refractivity contribution in [2.24, 2.45) is 0 Å². The number of rotatable bonds is 2. The Morgan fingerprint density at radius 1 is 1.45 bits per heavy atom. The lowest BCUT2D eigenvalue weighted by Crippen LogP contribution is -2.32. The summed E-state index contributed by atoms with van der Waals surface area (Å²) >= 11 is 0. The van der Waals surface area contributed by atoms with Crippen molar-refractivity contribution >= 4 is 10.2 Å². The molecule has 0 spiro atoms. The van der Waals surface area contributed by atoms with Crippen LogP contribution in [-0.4, -0.2) is 31.2 Å². The zero-order chi connectivity index (χ0) is 8.86. The van der Waals surface area contributed by atoms with Crippen molar-refractivity contribution in [3.05, 3.63) is 0 Å². The van der Waals surface area contributed by atoms with E-state index in [1.54, 1.807) is 0 Å². The Morgan fingerprint density at radius 3 is 1.91 bits per heavy atom. The monoisotopic (exact) mass is 192 g/mol. The van der Waals surface area contributed by atoms with Gasteiger partial charge in [0.2, 0.25) is 0 Å². The Kier molecular flexibility index (Phi) is 1.66. The SMILES string of the molecule is O=S(=O)(F)C(F)(F)C1OC1O. The molecule has 2 unspecified atom stereocenters. The Hall–Kier alpha value is -0.340. The molecule has 8 heteroatoms. The maximum atomic E-state index is 12.1. The smallest absolute Gasteiger partial charge is 0.366 e. The van der Waals surface area contributed by atoms with Crippen LogP contribution in [0.25, 0.3) is 0 Å². The second kappa shape index (κ2) is 2.08. The van der Waals surface area contributed by atoms with Gasteiger partial charge in [0.25, 0.3) is 0 Å². The second-order valence-corrected chi connectivity index (χ2v) is 3.37.